The SMILES string of the molecule is COC(=O)c1cc([NH2+][O-])c(SC[C@H](NC(=O)OC(C)(C)C)C(=O)O)cc1Br. The quantitative estimate of drug-likeness (QED) is 0.240. The molecule has 1 atom stereocenters. The summed E-state index contributed by atoms with van der Waals surface area (Å²) in [7, 11) is 1.22. The molecule has 1 rings (SSSR count). The molecule has 1 aromatic rings. The summed E-state index contributed by atoms with van der Waals surface area (Å²) in [5.41, 5.74) is 0.160. The number of carboxylic acids is 1. The lowest BCUT2D eigenvalue weighted by atomic mass is 10.2. The van der Waals surface area contributed by atoms with Crippen LogP contribution in [0.15, 0.2) is 21.5 Å². The fourth-order valence-corrected chi connectivity index (χ4v) is 3.56. The standard InChI is InChI=1S/C16H21BrN2O7S/c1-16(2,3)26-15(23)18-11(13(20)21)7-27-12-6-9(17)8(14(22)25-4)5-10(12)19-24/h5-6,11H,7,19H2,1-4H3,(H,18,23)(H,20,21)/t11-/m0/s1. The van der Waals surface area contributed by atoms with Crippen molar-refractivity contribution in [3.8, 4) is 0 Å². The van der Waals surface area contributed by atoms with E-state index in [2.05, 4.69) is 26.0 Å². The van der Waals surface area contributed by atoms with Gasteiger partial charge in [-0.25, -0.2) is 14.4 Å². The zero-order valence-electron chi connectivity index (χ0n) is 15.2. The second kappa shape index (κ2) is 9.93. The molecule has 0 unspecified atom stereocenters. The summed E-state index contributed by atoms with van der Waals surface area (Å²) >= 11 is 4.27. The summed E-state index contributed by atoms with van der Waals surface area (Å²) in [5.74, 6) is -1.91. The van der Waals surface area contributed by atoms with Crippen molar-refractivity contribution in [2.45, 2.75) is 37.3 Å². The van der Waals surface area contributed by atoms with Crippen molar-refractivity contribution in [2.24, 2.45) is 0 Å². The summed E-state index contributed by atoms with van der Waals surface area (Å²) < 4.78 is 10.1. The largest absolute Gasteiger partial charge is 0.630 e. The lowest BCUT2D eigenvalue weighted by molar-refractivity contribution is -0.499. The maximum Gasteiger partial charge on any atom is 0.408 e. The number of quaternary nitrogens is 1. The van der Waals surface area contributed by atoms with E-state index >= 15 is 0 Å². The average molecular weight is 465 g/mol. The number of carbonyl (C=O) groups is 3. The van der Waals surface area contributed by atoms with Gasteiger partial charge in [-0.2, -0.15) is 0 Å². The van der Waals surface area contributed by atoms with Crippen molar-refractivity contribution in [3.63, 3.8) is 0 Å². The van der Waals surface area contributed by atoms with Crippen LogP contribution in [-0.2, 0) is 14.3 Å². The number of aliphatic carboxylic acids is 1. The molecule has 27 heavy (non-hydrogen) atoms. The second-order valence-corrected chi connectivity index (χ2v) is 8.24. The van der Waals surface area contributed by atoms with Crippen molar-refractivity contribution in [2.75, 3.05) is 12.9 Å². The van der Waals surface area contributed by atoms with Gasteiger partial charge in [0.2, 0.25) is 0 Å². The smallest absolute Gasteiger partial charge is 0.408 e. The number of carbonyl (C=O) groups excluding carboxylic acids is 2. The van der Waals surface area contributed by atoms with E-state index in [0.717, 1.165) is 11.8 Å². The Morgan fingerprint density at radius 2 is 2.00 bits per heavy atom. The molecule has 0 fully saturated rings. The number of methoxy groups -OCH3 is 1. The third-order valence-electron chi connectivity index (χ3n) is 3.03. The Hall–Kier alpha value is -1.82. The molecule has 0 saturated carbocycles. The number of ether oxygens (including phenoxy) is 2. The van der Waals surface area contributed by atoms with Crippen molar-refractivity contribution in [3.05, 3.63) is 27.4 Å². The Labute approximate surface area is 168 Å². The Bertz CT molecular complexity index is 721. The van der Waals surface area contributed by atoms with Gasteiger partial charge < -0.3 is 30.6 Å². The highest BCUT2D eigenvalue weighted by molar-refractivity contribution is 9.10. The number of esters is 1. The Balaban J connectivity index is 2.92. The minimum absolute atomic E-state index is 0.0561. The van der Waals surface area contributed by atoms with Crippen LogP contribution >= 0.6 is 27.7 Å². The molecule has 9 nitrogen and oxygen atoms in total. The van der Waals surface area contributed by atoms with Crippen LogP contribution in [0.5, 0.6) is 0 Å². The number of nitrogens with one attached hydrogen (secondary N) is 1. The van der Waals surface area contributed by atoms with Gasteiger partial charge in [-0.15, -0.1) is 11.8 Å². The van der Waals surface area contributed by atoms with Gasteiger partial charge >= 0.3 is 18.0 Å². The third kappa shape index (κ3) is 7.37. The van der Waals surface area contributed by atoms with E-state index in [9.17, 15) is 24.7 Å². The number of nitrogens with two attached hydrogens (primary N) is 1. The molecule has 0 aliphatic heterocycles. The summed E-state index contributed by atoms with van der Waals surface area (Å²) in [6.07, 6.45) is -0.853. The predicted octanol–water partition coefficient (Wildman–Crippen LogP) is 2.00. The highest BCUT2D eigenvalue weighted by atomic mass is 79.9. The molecular formula is C16H21BrN2O7S. The number of thioether (sulfide) groups is 1. The number of benzene rings is 1. The zero-order valence-corrected chi connectivity index (χ0v) is 17.6. The molecule has 1 aromatic carbocycles. The van der Waals surface area contributed by atoms with Crippen LogP contribution < -0.4 is 10.8 Å². The van der Waals surface area contributed by atoms with Crippen LogP contribution in [0.4, 0.5) is 10.5 Å². The molecule has 0 spiro atoms. The summed E-state index contributed by atoms with van der Waals surface area (Å²) in [5, 5.41) is 22.9. The Morgan fingerprint density at radius 1 is 1.37 bits per heavy atom. The predicted molar refractivity (Wildman–Crippen MR) is 102 cm³/mol. The van der Waals surface area contributed by atoms with E-state index in [-0.39, 0.29) is 17.0 Å². The van der Waals surface area contributed by atoms with Crippen LogP contribution in [0, 0.1) is 5.21 Å². The monoisotopic (exact) mass is 464 g/mol. The molecule has 0 aliphatic carbocycles. The normalized spacial score (nSPS) is 12.2. The molecule has 1 amide bonds. The molecule has 11 heteroatoms. The summed E-state index contributed by atoms with van der Waals surface area (Å²) in [4.78, 5) is 35.3. The number of amides is 1. The summed E-state index contributed by atoms with van der Waals surface area (Å²) in [6, 6.07) is 1.64. The highest BCUT2D eigenvalue weighted by Gasteiger charge is 2.25. The number of halogens is 1. The molecule has 150 valence electrons. The topological polar surface area (TPSA) is 142 Å². The van der Waals surface area contributed by atoms with Crippen LogP contribution in [0.1, 0.15) is 31.1 Å². The van der Waals surface area contributed by atoms with Crippen LogP contribution in [0.25, 0.3) is 0 Å². The fourth-order valence-electron chi connectivity index (χ4n) is 1.85. The van der Waals surface area contributed by atoms with Crippen LogP contribution in [0.3, 0.4) is 0 Å². The number of alkyl carbamates (subject to hydrolysis) is 1. The Kier molecular flexibility index (Phi) is 8.54. The van der Waals surface area contributed by atoms with Gasteiger partial charge in [0, 0.05) is 16.3 Å². The number of hydrogen-bond acceptors (Lipinski definition) is 7. The summed E-state index contributed by atoms with van der Waals surface area (Å²) in [6.45, 7) is 4.98. The first kappa shape index (κ1) is 23.2. The molecule has 0 heterocycles. The molecule has 0 radical (unpaired) electrons. The molecule has 0 aliphatic rings. The maximum absolute atomic E-state index is 11.8. The minimum atomic E-state index is -1.24. The van der Waals surface area contributed by atoms with Gasteiger partial charge in [0.05, 0.1) is 17.6 Å². The van der Waals surface area contributed by atoms with Crippen molar-refractivity contribution >= 4 is 51.4 Å². The number of rotatable bonds is 7. The van der Waals surface area contributed by atoms with Crippen LogP contribution in [-0.4, -0.2) is 47.6 Å². The molecular weight excluding hydrogens is 444 g/mol. The van der Waals surface area contributed by atoms with Crippen LogP contribution in [0.2, 0.25) is 0 Å². The van der Waals surface area contributed by atoms with Gasteiger partial charge in [-0.05, 0) is 42.8 Å². The molecule has 4 N–H and O–H groups in total. The first-order chi connectivity index (χ1) is 12.5. The van der Waals surface area contributed by atoms with Gasteiger partial charge in [0.15, 0.2) is 0 Å². The van der Waals surface area contributed by atoms with Gasteiger partial charge in [0.25, 0.3) is 0 Å². The van der Waals surface area contributed by atoms with Gasteiger partial charge in [0.1, 0.15) is 17.3 Å². The lowest BCUT2D eigenvalue weighted by Gasteiger charge is -2.22. The van der Waals surface area contributed by atoms with E-state index in [0.29, 0.717) is 14.8 Å². The molecule has 0 bridgehead atoms. The van der Waals surface area contributed by atoms with E-state index in [1.54, 1.807) is 20.8 Å². The lowest BCUT2D eigenvalue weighted by Crippen LogP contribution is -2.70. The van der Waals surface area contributed by atoms with Gasteiger partial charge in [-0.3, -0.25) is 0 Å². The number of carboxylic acid groups (broad SMARTS) is 1. The minimum Gasteiger partial charge on any atom is -0.630 e. The molecule has 0 aromatic heterocycles. The van der Waals surface area contributed by atoms with Gasteiger partial charge in [-0.1, -0.05) is 0 Å². The first-order valence-corrected chi connectivity index (χ1v) is 9.48. The Morgan fingerprint density at radius 3 is 2.48 bits per heavy atom. The molecule has 0 saturated heterocycles. The van der Waals surface area contributed by atoms with E-state index in [1.165, 1.54) is 19.2 Å². The highest BCUT2D eigenvalue weighted by Crippen LogP contribution is 2.31. The maximum atomic E-state index is 11.8. The van der Waals surface area contributed by atoms with Crippen molar-refractivity contribution < 1.29 is 34.4 Å². The van der Waals surface area contributed by atoms with Crippen molar-refractivity contribution in [1.82, 2.24) is 5.32 Å². The fraction of sp³-hybridized carbons (Fsp3) is 0.438. The number of hydrogen-bond donors (Lipinski definition) is 3. The van der Waals surface area contributed by atoms with E-state index < -0.39 is 29.7 Å². The average Bonchev–Trinajstić information content (AvgIpc) is 2.56. The first-order valence-electron chi connectivity index (χ1n) is 7.70. The van der Waals surface area contributed by atoms with Crippen molar-refractivity contribution in [1.29, 1.82) is 0 Å². The van der Waals surface area contributed by atoms with E-state index in [4.69, 9.17) is 4.74 Å². The second-order valence-electron chi connectivity index (χ2n) is 6.33. The van der Waals surface area contributed by atoms with E-state index in [1.807, 2.05) is 0 Å². The third-order valence-corrected chi connectivity index (χ3v) is 4.85. The zero-order chi connectivity index (χ0) is 20.8.